The van der Waals surface area contributed by atoms with Crippen molar-refractivity contribution in [3.8, 4) is 0 Å². The standard InChI is InChI=1S/C21H18Cl2N4O/c1-12-5-7-13(8-6-12)25-21-26-17-3-2-4-18(28)19(17)20(27-21)24-14-9-10-15(22)16(23)11-14/h5-11H,2-4H2,1H3,(H2,24,25,26,27). The minimum Gasteiger partial charge on any atom is -0.339 e. The van der Waals surface area contributed by atoms with E-state index < -0.39 is 0 Å². The van der Waals surface area contributed by atoms with Crippen LogP contribution >= 0.6 is 23.2 Å². The van der Waals surface area contributed by atoms with Crippen LogP contribution in [0.5, 0.6) is 0 Å². The maximum absolute atomic E-state index is 12.5. The number of Topliss-reactive ketones (excluding diaryl/α,β-unsaturated/α-hetero) is 1. The van der Waals surface area contributed by atoms with Gasteiger partial charge in [-0.2, -0.15) is 4.98 Å². The maximum atomic E-state index is 12.5. The molecule has 7 heteroatoms. The van der Waals surface area contributed by atoms with Gasteiger partial charge in [-0.1, -0.05) is 40.9 Å². The Morgan fingerprint density at radius 1 is 0.893 bits per heavy atom. The highest BCUT2D eigenvalue weighted by Gasteiger charge is 2.25. The van der Waals surface area contributed by atoms with E-state index in [-0.39, 0.29) is 5.78 Å². The number of halogens is 2. The van der Waals surface area contributed by atoms with E-state index in [1.807, 2.05) is 31.2 Å². The van der Waals surface area contributed by atoms with Crippen molar-refractivity contribution in [2.75, 3.05) is 10.6 Å². The third kappa shape index (κ3) is 3.96. The van der Waals surface area contributed by atoms with Crippen molar-refractivity contribution in [1.82, 2.24) is 9.97 Å². The highest BCUT2D eigenvalue weighted by atomic mass is 35.5. The summed E-state index contributed by atoms with van der Waals surface area (Å²) in [5, 5.41) is 7.33. The molecule has 1 aliphatic rings. The van der Waals surface area contributed by atoms with Crippen LogP contribution in [0.4, 0.5) is 23.1 Å². The number of carbonyl (C=O) groups is 1. The number of nitrogens with one attached hydrogen (secondary N) is 2. The fraction of sp³-hybridized carbons (Fsp3) is 0.190. The molecule has 0 saturated carbocycles. The van der Waals surface area contributed by atoms with Crippen LogP contribution in [0.3, 0.4) is 0 Å². The van der Waals surface area contributed by atoms with Crippen LogP contribution in [0.1, 0.15) is 34.5 Å². The van der Waals surface area contributed by atoms with E-state index in [1.54, 1.807) is 18.2 Å². The van der Waals surface area contributed by atoms with Gasteiger partial charge in [0.1, 0.15) is 5.82 Å². The van der Waals surface area contributed by atoms with Crippen molar-refractivity contribution in [3.63, 3.8) is 0 Å². The van der Waals surface area contributed by atoms with Crippen LogP contribution in [0.2, 0.25) is 10.0 Å². The summed E-state index contributed by atoms with van der Waals surface area (Å²) in [5.74, 6) is 0.966. The van der Waals surface area contributed by atoms with Crippen LogP contribution in [0.15, 0.2) is 42.5 Å². The van der Waals surface area contributed by atoms with Crippen molar-refractivity contribution in [2.45, 2.75) is 26.2 Å². The predicted molar refractivity (Wildman–Crippen MR) is 114 cm³/mol. The molecule has 3 aromatic rings. The number of rotatable bonds is 4. The van der Waals surface area contributed by atoms with Crippen LogP contribution in [-0.4, -0.2) is 15.8 Å². The van der Waals surface area contributed by atoms with E-state index in [9.17, 15) is 4.79 Å². The Kier molecular flexibility index (Phi) is 5.20. The van der Waals surface area contributed by atoms with Gasteiger partial charge in [0.25, 0.3) is 0 Å². The second kappa shape index (κ2) is 7.78. The second-order valence-corrected chi connectivity index (χ2v) is 7.55. The molecule has 28 heavy (non-hydrogen) atoms. The summed E-state index contributed by atoms with van der Waals surface area (Å²) < 4.78 is 0. The van der Waals surface area contributed by atoms with Gasteiger partial charge in [0, 0.05) is 17.8 Å². The zero-order chi connectivity index (χ0) is 19.7. The SMILES string of the molecule is Cc1ccc(Nc2nc3c(c(Nc4ccc(Cl)c(Cl)c4)n2)C(=O)CCC3)cc1. The van der Waals surface area contributed by atoms with Crippen molar-refractivity contribution >= 4 is 52.1 Å². The Morgan fingerprint density at radius 2 is 1.64 bits per heavy atom. The van der Waals surface area contributed by atoms with E-state index in [4.69, 9.17) is 23.2 Å². The molecule has 0 radical (unpaired) electrons. The van der Waals surface area contributed by atoms with Gasteiger partial charge in [0.05, 0.1) is 21.3 Å². The Hall–Kier alpha value is -2.63. The number of fused-ring (bicyclic) bond motifs is 1. The topological polar surface area (TPSA) is 66.9 Å². The highest BCUT2D eigenvalue weighted by molar-refractivity contribution is 6.42. The maximum Gasteiger partial charge on any atom is 0.229 e. The van der Waals surface area contributed by atoms with Crippen molar-refractivity contribution in [2.24, 2.45) is 0 Å². The van der Waals surface area contributed by atoms with Crippen LogP contribution in [0.25, 0.3) is 0 Å². The normalized spacial score (nSPS) is 13.2. The first-order valence-corrected chi connectivity index (χ1v) is 9.75. The molecule has 0 bridgehead atoms. The molecule has 1 heterocycles. The number of carbonyl (C=O) groups excluding carboxylic acids is 1. The van der Waals surface area contributed by atoms with E-state index in [1.165, 1.54) is 5.56 Å². The lowest BCUT2D eigenvalue weighted by Gasteiger charge is -2.19. The number of hydrogen-bond donors (Lipinski definition) is 2. The summed E-state index contributed by atoms with van der Waals surface area (Å²) in [6, 6.07) is 13.2. The van der Waals surface area contributed by atoms with Gasteiger partial charge in [-0.25, -0.2) is 4.98 Å². The van der Waals surface area contributed by atoms with Crippen LogP contribution < -0.4 is 10.6 Å². The number of hydrogen-bond acceptors (Lipinski definition) is 5. The molecule has 0 atom stereocenters. The first-order chi connectivity index (χ1) is 13.5. The van der Waals surface area contributed by atoms with Crippen molar-refractivity contribution in [3.05, 3.63) is 69.3 Å². The molecular formula is C21H18Cl2N4O. The van der Waals surface area contributed by atoms with Crippen LogP contribution in [0, 0.1) is 6.92 Å². The van der Waals surface area contributed by atoms with E-state index in [0.717, 1.165) is 24.2 Å². The molecule has 1 aromatic heterocycles. The molecule has 0 aliphatic heterocycles. The van der Waals surface area contributed by atoms with Gasteiger partial charge in [0.2, 0.25) is 5.95 Å². The largest absolute Gasteiger partial charge is 0.339 e. The molecule has 0 unspecified atom stereocenters. The lowest BCUT2D eigenvalue weighted by molar-refractivity contribution is 0.0972. The molecule has 0 spiro atoms. The summed E-state index contributed by atoms with van der Waals surface area (Å²) in [6.07, 6.45) is 2.03. The number of nitrogens with zero attached hydrogens (tertiary/aromatic N) is 2. The number of aryl methyl sites for hydroxylation is 2. The molecule has 142 valence electrons. The first-order valence-electron chi connectivity index (χ1n) is 8.99. The highest BCUT2D eigenvalue weighted by Crippen LogP contribution is 2.32. The molecule has 2 N–H and O–H groups in total. The number of anilines is 4. The number of aromatic nitrogens is 2. The molecule has 0 amide bonds. The van der Waals surface area contributed by atoms with Crippen molar-refractivity contribution in [1.29, 1.82) is 0 Å². The molecule has 2 aromatic carbocycles. The van der Waals surface area contributed by atoms with Crippen molar-refractivity contribution < 1.29 is 4.79 Å². The summed E-state index contributed by atoms with van der Waals surface area (Å²) >= 11 is 12.1. The van der Waals surface area contributed by atoms with Gasteiger partial charge in [0.15, 0.2) is 5.78 Å². The lowest BCUT2D eigenvalue weighted by atomic mass is 9.95. The predicted octanol–water partition coefficient (Wildman–Crippen LogP) is 6.10. The van der Waals surface area contributed by atoms with E-state index >= 15 is 0 Å². The molecule has 1 aliphatic carbocycles. The van der Waals surface area contributed by atoms with Crippen LogP contribution in [-0.2, 0) is 6.42 Å². The molecular weight excluding hydrogens is 395 g/mol. The average Bonchev–Trinajstić information content (AvgIpc) is 2.66. The third-order valence-corrected chi connectivity index (χ3v) is 5.31. The molecule has 0 fully saturated rings. The van der Waals surface area contributed by atoms with Gasteiger partial charge in [-0.3, -0.25) is 4.79 Å². The number of benzene rings is 2. The Morgan fingerprint density at radius 3 is 2.39 bits per heavy atom. The van der Waals surface area contributed by atoms with Gasteiger partial charge in [-0.15, -0.1) is 0 Å². The minimum absolute atomic E-state index is 0.0469. The van der Waals surface area contributed by atoms with E-state index in [0.29, 0.717) is 39.5 Å². The lowest BCUT2D eigenvalue weighted by Crippen LogP contribution is -2.17. The molecule has 5 nitrogen and oxygen atoms in total. The summed E-state index contributed by atoms with van der Waals surface area (Å²) in [7, 11) is 0. The number of ketones is 1. The quantitative estimate of drug-likeness (QED) is 0.541. The first kappa shape index (κ1) is 18.7. The Balaban J connectivity index is 1.73. The second-order valence-electron chi connectivity index (χ2n) is 6.74. The summed E-state index contributed by atoms with van der Waals surface area (Å²) in [4.78, 5) is 21.7. The minimum atomic E-state index is 0.0469. The molecule has 4 rings (SSSR count). The zero-order valence-electron chi connectivity index (χ0n) is 15.2. The van der Waals surface area contributed by atoms with Gasteiger partial charge < -0.3 is 10.6 Å². The third-order valence-electron chi connectivity index (χ3n) is 4.57. The van der Waals surface area contributed by atoms with Gasteiger partial charge >= 0.3 is 0 Å². The monoisotopic (exact) mass is 412 g/mol. The summed E-state index contributed by atoms with van der Waals surface area (Å²) in [5.41, 5.74) is 4.06. The summed E-state index contributed by atoms with van der Waals surface area (Å²) in [6.45, 7) is 2.03. The Bertz CT molecular complexity index is 1050. The smallest absolute Gasteiger partial charge is 0.229 e. The van der Waals surface area contributed by atoms with Gasteiger partial charge in [-0.05, 0) is 50.1 Å². The molecule has 0 saturated heterocycles. The van der Waals surface area contributed by atoms with E-state index in [2.05, 4.69) is 20.6 Å². The fourth-order valence-corrected chi connectivity index (χ4v) is 3.44. The Labute approximate surface area is 173 Å². The fourth-order valence-electron chi connectivity index (χ4n) is 3.15. The average molecular weight is 413 g/mol. The zero-order valence-corrected chi connectivity index (χ0v) is 16.7.